The van der Waals surface area contributed by atoms with Crippen molar-refractivity contribution in [2.24, 2.45) is 0 Å². The molecule has 0 aromatic heterocycles. The summed E-state index contributed by atoms with van der Waals surface area (Å²) in [6.45, 7) is 5.16. The summed E-state index contributed by atoms with van der Waals surface area (Å²) in [5.74, 6) is 0.460. The number of nitrogens with one attached hydrogen (secondary N) is 1. The monoisotopic (exact) mass is 356 g/mol. The molecule has 1 saturated heterocycles. The van der Waals surface area contributed by atoms with Crippen molar-refractivity contribution < 1.29 is 13.9 Å². The summed E-state index contributed by atoms with van der Waals surface area (Å²) in [7, 11) is 0. The first-order valence-corrected chi connectivity index (χ1v) is 9.14. The molecule has 1 aliphatic heterocycles. The van der Waals surface area contributed by atoms with Crippen LogP contribution in [0.1, 0.15) is 35.7 Å². The Morgan fingerprint density at radius 1 is 1.19 bits per heavy atom. The molecule has 26 heavy (non-hydrogen) atoms. The molecule has 5 heteroatoms. The van der Waals surface area contributed by atoms with Gasteiger partial charge in [0.05, 0.1) is 6.61 Å². The summed E-state index contributed by atoms with van der Waals surface area (Å²) >= 11 is 0. The van der Waals surface area contributed by atoms with E-state index >= 15 is 0 Å². The Kier molecular flexibility index (Phi) is 6.23. The first-order chi connectivity index (χ1) is 12.6. The van der Waals surface area contributed by atoms with Crippen LogP contribution in [0, 0.1) is 5.82 Å². The van der Waals surface area contributed by atoms with Crippen molar-refractivity contribution in [1.82, 2.24) is 10.2 Å². The maximum atomic E-state index is 13.0. The number of hydrogen-bond donors (Lipinski definition) is 1. The van der Waals surface area contributed by atoms with Crippen LogP contribution in [0.15, 0.2) is 48.5 Å². The molecule has 2 aromatic carbocycles. The zero-order valence-electron chi connectivity index (χ0n) is 15.1. The second-order valence-electron chi connectivity index (χ2n) is 6.61. The Morgan fingerprint density at radius 3 is 2.62 bits per heavy atom. The third-order valence-electron chi connectivity index (χ3n) is 4.65. The Labute approximate surface area is 154 Å². The Bertz CT molecular complexity index is 725. The standard InChI is InChI=1S/C21H25FN2O2/c1-2-26-20-5-3-4-17(14-20)21(25)23-19-10-12-24(13-11-19)15-16-6-8-18(22)9-7-16/h3-9,14,19H,2,10-13,15H2,1H3,(H,23,25). The molecule has 0 spiro atoms. The molecule has 1 N–H and O–H groups in total. The third kappa shape index (κ3) is 5.05. The van der Waals surface area contributed by atoms with Gasteiger partial charge < -0.3 is 10.1 Å². The molecule has 0 unspecified atom stereocenters. The van der Waals surface area contributed by atoms with Crippen molar-refractivity contribution in [3.63, 3.8) is 0 Å². The molecule has 0 atom stereocenters. The number of nitrogens with zero attached hydrogens (tertiary/aromatic N) is 1. The van der Waals surface area contributed by atoms with E-state index in [9.17, 15) is 9.18 Å². The second-order valence-corrected chi connectivity index (χ2v) is 6.61. The largest absolute Gasteiger partial charge is 0.494 e. The molecule has 1 amide bonds. The lowest BCUT2D eigenvalue weighted by Gasteiger charge is -2.32. The lowest BCUT2D eigenvalue weighted by molar-refractivity contribution is 0.0908. The van der Waals surface area contributed by atoms with Crippen LogP contribution in [-0.4, -0.2) is 36.5 Å². The van der Waals surface area contributed by atoms with Gasteiger partial charge in [0, 0.05) is 31.2 Å². The number of halogens is 1. The number of carbonyl (C=O) groups excluding carboxylic acids is 1. The molecule has 0 saturated carbocycles. The molecule has 1 aliphatic rings. The predicted molar refractivity (Wildman–Crippen MR) is 99.8 cm³/mol. The van der Waals surface area contributed by atoms with Crippen LogP contribution >= 0.6 is 0 Å². The number of ether oxygens (including phenoxy) is 1. The van der Waals surface area contributed by atoms with Gasteiger partial charge in [-0.1, -0.05) is 18.2 Å². The number of hydrogen-bond acceptors (Lipinski definition) is 3. The highest BCUT2D eigenvalue weighted by atomic mass is 19.1. The van der Waals surface area contributed by atoms with Crippen LogP contribution in [0.2, 0.25) is 0 Å². The number of carbonyl (C=O) groups is 1. The quantitative estimate of drug-likeness (QED) is 0.860. The van der Waals surface area contributed by atoms with Crippen LogP contribution in [0.3, 0.4) is 0 Å². The van der Waals surface area contributed by atoms with Crippen LogP contribution in [0.5, 0.6) is 5.75 Å². The van der Waals surface area contributed by atoms with E-state index in [0.717, 1.165) is 38.0 Å². The van der Waals surface area contributed by atoms with Gasteiger partial charge in [0.25, 0.3) is 5.91 Å². The average molecular weight is 356 g/mol. The zero-order valence-corrected chi connectivity index (χ0v) is 15.1. The average Bonchev–Trinajstić information content (AvgIpc) is 2.66. The van der Waals surface area contributed by atoms with Crippen LogP contribution < -0.4 is 10.1 Å². The molecule has 2 aromatic rings. The highest BCUT2D eigenvalue weighted by Crippen LogP contribution is 2.17. The van der Waals surface area contributed by atoms with E-state index in [-0.39, 0.29) is 17.8 Å². The molecule has 4 nitrogen and oxygen atoms in total. The molecular formula is C21H25FN2O2. The van der Waals surface area contributed by atoms with Crippen molar-refractivity contribution in [3.05, 3.63) is 65.5 Å². The molecule has 0 radical (unpaired) electrons. The highest BCUT2D eigenvalue weighted by Gasteiger charge is 2.21. The second kappa shape index (κ2) is 8.81. The van der Waals surface area contributed by atoms with E-state index in [4.69, 9.17) is 4.74 Å². The topological polar surface area (TPSA) is 41.6 Å². The minimum Gasteiger partial charge on any atom is -0.494 e. The van der Waals surface area contributed by atoms with E-state index < -0.39 is 0 Å². The van der Waals surface area contributed by atoms with Crippen molar-refractivity contribution >= 4 is 5.91 Å². The highest BCUT2D eigenvalue weighted by molar-refractivity contribution is 5.94. The van der Waals surface area contributed by atoms with Gasteiger partial charge in [-0.15, -0.1) is 0 Å². The molecule has 1 fully saturated rings. The summed E-state index contributed by atoms with van der Waals surface area (Å²) in [5.41, 5.74) is 1.74. The van der Waals surface area contributed by atoms with Gasteiger partial charge in [0.1, 0.15) is 11.6 Å². The summed E-state index contributed by atoms with van der Waals surface area (Å²) < 4.78 is 18.4. The number of amides is 1. The molecule has 1 heterocycles. The summed E-state index contributed by atoms with van der Waals surface area (Å²) in [6, 6.07) is 14.1. The zero-order chi connectivity index (χ0) is 18.4. The van der Waals surface area contributed by atoms with E-state index in [1.165, 1.54) is 12.1 Å². The molecule has 0 bridgehead atoms. The smallest absolute Gasteiger partial charge is 0.251 e. The molecule has 0 aliphatic carbocycles. The fourth-order valence-corrected chi connectivity index (χ4v) is 3.25. The summed E-state index contributed by atoms with van der Waals surface area (Å²) in [5, 5.41) is 3.13. The maximum Gasteiger partial charge on any atom is 0.251 e. The molecular weight excluding hydrogens is 331 g/mol. The van der Waals surface area contributed by atoms with Crippen LogP contribution in [0.4, 0.5) is 4.39 Å². The Balaban J connectivity index is 1.48. The van der Waals surface area contributed by atoms with Crippen LogP contribution in [-0.2, 0) is 6.54 Å². The van der Waals surface area contributed by atoms with E-state index in [2.05, 4.69) is 10.2 Å². The van der Waals surface area contributed by atoms with Crippen molar-refractivity contribution in [2.75, 3.05) is 19.7 Å². The van der Waals surface area contributed by atoms with E-state index in [0.29, 0.717) is 17.9 Å². The van der Waals surface area contributed by atoms with E-state index in [1.807, 2.05) is 37.3 Å². The van der Waals surface area contributed by atoms with Crippen LogP contribution in [0.25, 0.3) is 0 Å². The summed E-state index contributed by atoms with van der Waals surface area (Å²) in [6.07, 6.45) is 1.83. The molecule has 138 valence electrons. The van der Waals surface area contributed by atoms with Crippen molar-refractivity contribution in [1.29, 1.82) is 0 Å². The number of rotatable bonds is 6. The lowest BCUT2D eigenvalue weighted by atomic mass is 10.0. The van der Waals surface area contributed by atoms with Gasteiger partial charge in [-0.2, -0.15) is 0 Å². The Hall–Kier alpha value is -2.40. The van der Waals surface area contributed by atoms with Crippen molar-refractivity contribution in [3.8, 4) is 5.75 Å². The Morgan fingerprint density at radius 2 is 1.92 bits per heavy atom. The minimum absolute atomic E-state index is 0.0523. The lowest BCUT2D eigenvalue weighted by Crippen LogP contribution is -2.44. The number of benzene rings is 2. The predicted octanol–water partition coefficient (Wildman–Crippen LogP) is 3.62. The van der Waals surface area contributed by atoms with Gasteiger partial charge in [-0.25, -0.2) is 4.39 Å². The maximum absolute atomic E-state index is 13.0. The van der Waals surface area contributed by atoms with E-state index in [1.54, 1.807) is 6.07 Å². The third-order valence-corrected chi connectivity index (χ3v) is 4.65. The first-order valence-electron chi connectivity index (χ1n) is 9.14. The van der Waals surface area contributed by atoms with Crippen molar-refractivity contribution in [2.45, 2.75) is 32.4 Å². The molecule has 3 rings (SSSR count). The number of piperidine rings is 1. The van der Waals surface area contributed by atoms with Gasteiger partial charge in [-0.05, 0) is 55.7 Å². The fourth-order valence-electron chi connectivity index (χ4n) is 3.25. The summed E-state index contributed by atoms with van der Waals surface area (Å²) in [4.78, 5) is 14.8. The van der Waals surface area contributed by atoms with Gasteiger partial charge in [0.15, 0.2) is 0 Å². The first kappa shape index (κ1) is 18.4. The van der Waals surface area contributed by atoms with Gasteiger partial charge >= 0.3 is 0 Å². The normalized spacial score (nSPS) is 15.6. The van der Waals surface area contributed by atoms with Gasteiger partial charge in [0.2, 0.25) is 0 Å². The SMILES string of the molecule is CCOc1cccc(C(=O)NC2CCN(Cc3ccc(F)cc3)CC2)c1. The fraction of sp³-hybridized carbons (Fsp3) is 0.381. The number of likely N-dealkylation sites (tertiary alicyclic amines) is 1. The van der Waals surface area contributed by atoms with Gasteiger partial charge in [-0.3, -0.25) is 9.69 Å². The minimum atomic E-state index is -0.205.